The Balaban J connectivity index is 1.36. The van der Waals surface area contributed by atoms with Crippen molar-refractivity contribution in [1.29, 1.82) is 0 Å². The van der Waals surface area contributed by atoms with Gasteiger partial charge in [-0.25, -0.2) is 0 Å². The molecule has 30 heavy (non-hydrogen) atoms. The van der Waals surface area contributed by atoms with Gasteiger partial charge in [-0.05, 0) is 30.3 Å². The lowest BCUT2D eigenvalue weighted by atomic mass is 10.1. The van der Waals surface area contributed by atoms with E-state index in [9.17, 15) is 9.59 Å². The van der Waals surface area contributed by atoms with Crippen LogP contribution in [-0.2, 0) is 4.79 Å². The van der Waals surface area contributed by atoms with Crippen molar-refractivity contribution < 1.29 is 28.5 Å². The summed E-state index contributed by atoms with van der Waals surface area (Å²) in [5, 5.41) is 0. The molecule has 2 aliphatic heterocycles. The molecule has 0 unspecified atom stereocenters. The monoisotopic (exact) mass is 412 g/mol. The second-order valence-electron chi connectivity index (χ2n) is 7.05. The van der Waals surface area contributed by atoms with Crippen LogP contribution in [-0.4, -0.2) is 74.7 Å². The van der Waals surface area contributed by atoms with Gasteiger partial charge in [0.15, 0.2) is 23.0 Å². The maximum absolute atomic E-state index is 12.9. The van der Waals surface area contributed by atoms with Gasteiger partial charge in [0.05, 0.1) is 14.2 Å². The molecule has 0 N–H and O–H groups in total. The molecule has 0 spiro atoms. The first kappa shape index (κ1) is 19.9. The van der Waals surface area contributed by atoms with Crippen LogP contribution in [0.25, 0.3) is 0 Å². The van der Waals surface area contributed by atoms with Crippen molar-refractivity contribution in [3.05, 3.63) is 48.0 Å². The van der Waals surface area contributed by atoms with Gasteiger partial charge in [0.2, 0.25) is 6.10 Å². The Hall–Kier alpha value is -3.42. The molecular weight excluding hydrogens is 388 g/mol. The van der Waals surface area contributed by atoms with Crippen LogP contribution < -0.4 is 18.9 Å². The normalized spacial score (nSPS) is 18.0. The van der Waals surface area contributed by atoms with E-state index < -0.39 is 6.10 Å². The first-order valence-electron chi connectivity index (χ1n) is 9.79. The van der Waals surface area contributed by atoms with Gasteiger partial charge < -0.3 is 28.7 Å². The molecule has 0 bridgehead atoms. The Morgan fingerprint density at radius 1 is 0.900 bits per heavy atom. The second-order valence-corrected chi connectivity index (χ2v) is 7.05. The van der Waals surface area contributed by atoms with Crippen LogP contribution in [0.5, 0.6) is 23.0 Å². The molecule has 8 heteroatoms. The second kappa shape index (κ2) is 8.52. The number of ether oxygens (including phenoxy) is 4. The van der Waals surface area contributed by atoms with Gasteiger partial charge in [-0.1, -0.05) is 12.1 Å². The van der Waals surface area contributed by atoms with Gasteiger partial charge in [-0.15, -0.1) is 0 Å². The summed E-state index contributed by atoms with van der Waals surface area (Å²) in [5.41, 5.74) is 0.521. The van der Waals surface area contributed by atoms with E-state index in [2.05, 4.69) is 0 Å². The van der Waals surface area contributed by atoms with Crippen LogP contribution in [0.4, 0.5) is 0 Å². The summed E-state index contributed by atoms with van der Waals surface area (Å²) in [6.45, 7) is 1.96. The van der Waals surface area contributed by atoms with E-state index in [0.717, 1.165) is 0 Å². The third-order valence-electron chi connectivity index (χ3n) is 5.29. The highest BCUT2D eigenvalue weighted by Gasteiger charge is 2.33. The zero-order valence-corrected chi connectivity index (χ0v) is 17.0. The molecule has 0 radical (unpaired) electrons. The van der Waals surface area contributed by atoms with E-state index in [0.29, 0.717) is 54.7 Å². The standard InChI is InChI=1S/C22H24N2O6/c1-27-16-8-7-15(13-19(16)28-2)21(25)23-9-11-24(12-10-23)22(26)20-14-29-17-5-3-4-6-18(17)30-20/h3-8,13,20H,9-12,14H2,1-2H3/t20-/m0/s1. The molecule has 2 heterocycles. The zero-order chi connectivity index (χ0) is 21.1. The molecule has 2 aromatic carbocycles. The van der Waals surface area contributed by atoms with E-state index >= 15 is 0 Å². The average Bonchev–Trinajstić information content (AvgIpc) is 2.82. The Bertz CT molecular complexity index is 939. The zero-order valence-electron chi connectivity index (χ0n) is 17.0. The smallest absolute Gasteiger partial charge is 0.267 e. The molecule has 0 aromatic heterocycles. The predicted molar refractivity (Wildman–Crippen MR) is 108 cm³/mol. The van der Waals surface area contributed by atoms with Crippen LogP contribution >= 0.6 is 0 Å². The molecule has 0 aliphatic carbocycles. The number of hydrogen-bond donors (Lipinski definition) is 0. The first-order valence-corrected chi connectivity index (χ1v) is 9.79. The number of benzene rings is 2. The fourth-order valence-electron chi connectivity index (χ4n) is 3.63. The van der Waals surface area contributed by atoms with E-state index in [4.69, 9.17) is 18.9 Å². The fraction of sp³-hybridized carbons (Fsp3) is 0.364. The van der Waals surface area contributed by atoms with Gasteiger partial charge in [-0.3, -0.25) is 9.59 Å². The van der Waals surface area contributed by atoms with Crippen LogP contribution in [0, 0.1) is 0 Å². The summed E-state index contributed by atoms with van der Waals surface area (Å²) in [6, 6.07) is 12.4. The van der Waals surface area contributed by atoms with Crippen molar-refractivity contribution in [3.8, 4) is 23.0 Å². The summed E-state index contributed by atoms with van der Waals surface area (Å²) >= 11 is 0. The Morgan fingerprint density at radius 2 is 1.57 bits per heavy atom. The molecule has 4 rings (SSSR count). The Kier molecular flexibility index (Phi) is 5.65. The number of hydrogen-bond acceptors (Lipinski definition) is 6. The van der Waals surface area contributed by atoms with Crippen molar-refractivity contribution in [2.24, 2.45) is 0 Å². The lowest BCUT2D eigenvalue weighted by Crippen LogP contribution is -2.55. The molecule has 1 fully saturated rings. The highest BCUT2D eigenvalue weighted by molar-refractivity contribution is 5.95. The minimum atomic E-state index is -0.673. The molecule has 158 valence electrons. The number of piperazine rings is 1. The molecular formula is C22H24N2O6. The number of carbonyl (C=O) groups excluding carboxylic acids is 2. The topological polar surface area (TPSA) is 77.5 Å². The lowest BCUT2D eigenvalue weighted by Gasteiger charge is -2.37. The average molecular weight is 412 g/mol. The number of methoxy groups -OCH3 is 2. The highest BCUT2D eigenvalue weighted by atomic mass is 16.6. The maximum Gasteiger partial charge on any atom is 0.267 e. The largest absolute Gasteiger partial charge is 0.493 e. The van der Waals surface area contributed by atoms with Gasteiger partial charge in [0, 0.05) is 31.7 Å². The molecule has 2 aliphatic rings. The van der Waals surface area contributed by atoms with Crippen LogP contribution in [0.1, 0.15) is 10.4 Å². The summed E-state index contributed by atoms with van der Waals surface area (Å²) in [6.07, 6.45) is -0.673. The third kappa shape index (κ3) is 3.85. The van der Waals surface area contributed by atoms with Crippen LogP contribution in [0.15, 0.2) is 42.5 Å². The summed E-state index contributed by atoms with van der Waals surface area (Å²) in [4.78, 5) is 29.2. The quantitative estimate of drug-likeness (QED) is 0.763. The fourth-order valence-corrected chi connectivity index (χ4v) is 3.63. The Labute approximate surface area is 174 Å². The number of rotatable bonds is 4. The van der Waals surface area contributed by atoms with Gasteiger partial charge in [-0.2, -0.15) is 0 Å². The van der Waals surface area contributed by atoms with Gasteiger partial charge in [0.25, 0.3) is 11.8 Å². The van der Waals surface area contributed by atoms with Crippen molar-refractivity contribution in [1.82, 2.24) is 9.80 Å². The molecule has 1 atom stereocenters. The van der Waals surface area contributed by atoms with E-state index in [1.807, 2.05) is 18.2 Å². The SMILES string of the molecule is COc1ccc(C(=O)N2CCN(C(=O)[C@@H]3COc4ccccc4O3)CC2)cc1OC. The number of para-hydroxylation sites is 2. The van der Waals surface area contributed by atoms with Gasteiger partial charge >= 0.3 is 0 Å². The number of fused-ring (bicyclic) bond motifs is 1. The summed E-state index contributed by atoms with van der Waals surface area (Å²) in [7, 11) is 3.08. The van der Waals surface area contributed by atoms with E-state index in [1.54, 1.807) is 41.2 Å². The molecule has 1 saturated heterocycles. The molecule has 0 saturated carbocycles. The number of nitrogens with zero attached hydrogens (tertiary/aromatic N) is 2. The lowest BCUT2D eigenvalue weighted by molar-refractivity contribution is -0.142. The molecule has 2 amide bonds. The van der Waals surface area contributed by atoms with Crippen molar-refractivity contribution in [2.75, 3.05) is 47.0 Å². The van der Waals surface area contributed by atoms with E-state index in [1.165, 1.54) is 7.11 Å². The van der Waals surface area contributed by atoms with Crippen LogP contribution in [0.3, 0.4) is 0 Å². The van der Waals surface area contributed by atoms with E-state index in [-0.39, 0.29) is 18.4 Å². The predicted octanol–water partition coefficient (Wildman–Crippen LogP) is 1.83. The number of amides is 2. The third-order valence-corrected chi connectivity index (χ3v) is 5.29. The summed E-state index contributed by atoms with van der Waals surface area (Å²) < 4.78 is 22.0. The molecule has 2 aromatic rings. The van der Waals surface area contributed by atoms with Crippen molar-refractivity contribution in [3.63, 3.8) is 0 Å². The Morgan fingerprint density at radius 3 is 2.27 bits per heavy atom. The number of carbonyl (C=O) groups is 2. The van der Waals surface area contributed by atoms with Crippen molar-refractivity contribution >= 4 is 11.8 Å². The highest BCUT2D eigenvalue weighted by Crippen LogP contribution is 2.31. The minimum absolute atomic E-state index is 0.103. The minimum Gasteiger partial charge on any atom is -0.493 e. The summed E-state index contributed by atoms with van der Waals surface area (Å²) in [5.74, 6) is 2.07. The van der Waals surface area contributed by atoms with Gasteiger partial charge in [0.1, 0.15) is 6.61 Å². The van der Waals surface area contributed by atoms with Crippen LogP contribution in [0.2, 0.25) is 0 Å². The first-order chi connectivity index (χ1) is 14.6. The maximum atomic E-state index is 12.9. The molecule has 8 nitrogen and oxygen atoms in total. The van der Waals surface area contributed by atoms with Crippen molar-refractivity contribution in [2.45, 2.75) is 6.10 Å².